The Kier molecular flexibility index (Phi) is 2.86. The number of nitrogens with one attached hydrogen (secondary N) is 1. The van der Waals surface area contributed by atoms with E-state index in [1.807, 2.05) is 0 Å². The summed E-state index contributed by atoms with van der Waals surface area (Å²) in [6.45, 7) is 0.421. The molecule has 98 valence electrons. The quantitative estimate of drug-likeness (QED) is 0.844. The largest absolute Gasteiger partial charge is 0.388 e. The second-order valence-electron chi connectivity index (χ2n) is 5.50. The molecule has 0 bridgehead atoms. The molecule has 2 aliphatic rings. The average Bonchev–Trinajstić information content (AvgIpc) is 3.11. The molecular weight excluding hydrogens is 230 g/mol. The lowest BCUT2D eigenvalue weighted by Gasteiger charge is -2.22. The van der Waals surface area contributed by atoms with Gasteiger partial charge in [0.1, 0.15) is 0 Å². The third kappa shape index (κ3) is 2.27. The summed E-state index contributed by atoms with van der Waals surface area (Å²) < 4.78 is 1.74. The Labute approximate surface area is 106 Å². The van der Waals surface area contributed by atoms with Gasteiger partial charge < -0.3 is 15.0 Å². The van der Waals surface area contributed by atoms with Gasteiger partial charge in [0, 0.05) is 25.0 Å². The van der Waals surface area contributed by atoms with Crippen molar-refractivity contribution in [3.63, 3.8) is 0 Å². The first kappa shape index (κ1) is 11.7. The lowest BCUT2D eigenvalue weighted by molar-refractivity contribution is 0.0613. The molecule has 1 aromatic heterocycles. The summed E-state index contributed by atoms with van der Waals surface area (Å²) in [5, 5.41) is 13.3. The zero-order valence-corrected chi connectivity index (χ0v) is 10.4. The molecule has 0 atom stereocenters. The molecule has 0 unspecified atom stereocenters. The summed E-state index contributed by atoms with van der Waals surface area (Å²) in [7, 11) is 0. The van der Waals surface area contributed by atoms with Crippen molar-refractivity contribution < 1.29 is 5.11 Å². The SMILES string of the molecule is O=c1c(NCC2(O)CCCC2)nccn1C1CC1. The first-order valence-corrected chi connectivity index (χ1v) is 6.71. The van der Waals surface area contributed by atoms with Gasteiger partial charge in [-0.3, -0.25) is 4.79 Å². The molecule has 2 fully saturated rings. The van der Waals surface area contributed by atoms with Gasteiger partial charge in [-0.05, 0) is 25.7 Å². The van der Waals surface area contributed by atoms with Gasteiger partial charge >= 0.3 is 0 Å². The zero-order chi connectivity index (χ0) is 12.6. The van der Waals surface area contributed by atoms with Crippen LogP contribution < -0.4 is 10.9 Å². The Bertz CT molecular complexity index is 487. The van der Waals surface area contributed by atoms with Crippen molar-refractivity contribution in [2.45, 2.75) is 50.2 Å². The van der Waals surface area contributed by atoms with Crippen LogP contribution in [0.1, 0.15) is 44.6 Å². The van der Waals surface area contributed by atoms with Gasteiger partial charge in [-0.25, -0.2) is 4.98 Å². The first-order valence-electron chi connectivity index (χ1n) is 6.71. The third-order valence-corrected chi connectivity index (χ3v) is 3.93. The summed E-state index contributed by atoms with van der Waals surface area (Å²) in [5.74, 6) is 0.365. The van der Waals surface area contributed by atoms with E-state index < -0.39 is 5.60 Å². The normalized spacial score (nSPS) is 22.1. The molecule has 2 N–H and O–H groups in total. The summed E-state index contributed by atoms with van der Waals surface area (Å²) in [4.78, 5) is 16.2. The highest BCUT2D eigenvalue weighted by molar-refractivity contribution is 5.32. The van der Waals surface area contributed by atoms with E-state index in [0.717, 1.165) is 38.5 Å². The van der Waals surface area contributed by atoms with Crippen LogP contribution in [0.15, 0.2) is 17.2 Å². The van der Waals surface area contributed by atoms with E-state index >= 15 is 0 Å². The second-order valence-corrected chi connectivity index (χ2v) is 5.50. The van der Waals surface area contributed by atoms with Crippen molar-refractivity contribution in [1.29, 1.82) is 0 Å². The minimum atomic E-state index is -0.658. The lowest BCUT2D eigenvalue weighted by atomic mass is 10.0. The maximum absolute atomic E-state index is 12.1. The van der Waals surface area contributed by atoms with E-state index in [4.69, 9.17) is 0 Å². The molecule has 1 aromatic rings. The summed E-state index contributed by atoms with van der Waals surface area (Å²) in [5.41, 5.74) is -0.726. The summed E-state index contributed by atoms with van der Waals surface area (Å²) in [6.07, 6.45) is 9.30. The van der Waals surface area contributed by atoms with Gasteiger partial charge in [-0.15, -0.1) is 0 Å². The Morgan fingerprint density at radius 2 is 2.17 bits per heavy atom. The van der Waals surface area contributed by atoms with Crippen molar-refractivity contribution >= 4 is 5.82 Å². The highest BCUT2D eigenvalue weighted by atomic mass is 16.3. The Hall–Kier alpha value is -1.36. The molecule has 0 spiro atoms. The Morgan fingerprint density at radius 1 is 1.44 bits per heavy atom. The molecule has 1 heterocycles. The summed E-state index contributed by atoms with van der Waals surface area (Å²) >= 11 is 0. The van der Waals surface area contributed by atoms with Crippen molar-refractivity contribution in [3.8, 4) is 0 Å². The molecule has 2 saturated carbocycles. The minimum Gasteiger partial charge on any atom is -0.388 e. The smallest absolute Gasteiger partial charge is 0.293 e. The molecular formula is C13H19N3O2. The zero-order valence-electron chi connectivity index (χ0n) is 10.4. The maximum Gasteiger partial charge on any atom is 0.293 e. The van der Waals surface area contributed by atoms with E-state index in [1.165, 1.54) is 0 Å². The fourth-order valence-electron chi connectivity index (χ4n) is 2.64. The maximum atomic E-state index is 12.1. The van der Waals surface area contributed by atoms with Gasteiger partial charge in [-0.2, -0.15) is 0 Å². The van der Waals surface area contributed by atoms with E-state index in [2.05, 4.69) is 10.3 Å². The van der Waals surface area contributed by atoms with Gasteiger partial charge in [0.15, 0.2) is 5.82 Å². The highest BCUT2D eigenvalue weighted by Crippen LogP contribution is 2.33. The number of aromatic nitrogens is 2. The number of aliphatic hydroxyl groups is 1. The van der Waals surface area contributed by atoms with Crippen LogP contribution in [0.5, 0.6) is 0 Å². The monoisotopic (exact) mass is 249 g/mol. The third-order valence-electron chi connectivity index (χ3n) is 3.93. The number of anilines is 1. The predicted molar refractivity (Wildman–Crippen MR) is 68.7 cm³/mol. The molecule has 0 aromatic carbocycles. The van der Waals surface area contributed by atoms with Crippen LogP contribution in [0.3, 0.4) is 0 Å². The van der Waals surface area contributed by atoms with Crippen LogP contribution in [-0.2, 0) is 0 Å². The van der Waals surface area contributed by atoms with Crippen molar-refractivity contribution in [2.75, 3.05) is 11.9 Å². The summed E-state index contributed by atoms with van der Waals surface area (Å²) in [6, 6.07) is 0.357. The predicted octanol–water partition coefficient (Wildman–Crippen LogP) is 1.30. The van der Waals surface area contributed by atoms with Crippen LogP contribution in [0.2, 0.25) is 0 Å². The van der Waals surface area contributed by atoms with E-state index in [1.54, 1.807) is 17.0 Å². The average molecular weight is 249 g/mol. The van der Waals surface area contributed by atoms with Gasteiger partial charge in [0.2, 0.25) is 0 Å². The molecule has 0 aliphatic heterocycles. The molecule has 2 aliphatic carbocycles. The van der Waals surface area contributed by atoms with Gasteiger partial charge in [0.25, 0.3) is 5.56 Å². The fourth-order valence-corrected chi connectivity index (χ4v) is 2.64. The molecule has 3 rings (SSSR count). The van der Waals surface area contributed by atoms with Gasteiger partial charge in [-0.1, -0.05) is 12.8 Å². The topological polar surface area (TPSA) is 67.2 Å². The lowest BCUT2D eigenvalue weighted by Crippen LogP contribution is -2.36. The van der Waals surface area contributed by atoms with Crippen LogP contribution in [-0.4, -0.2) is 26.8 Å². The van der Waals surface area contributed by atoms with Crippen LogP contribution in [0, 0.1) is 0 Å². The second kappa shape index (κ2) is 4.39. The van der Waals surface area contributed by atoms with Crippen molar-refractivity contribution in [3.05, 3.63) is 22.7 Å². The van der Waals surface area contributed by atoms with Crippen molar-refractivity contribution in [2.24, 2.45) is 0 Å². The first-order chi connectivity index (χ1) is 8.68. The molecule has 0 saturated heterocycles. The molecule has 5 nitrogen and oxygen atoms in total. The fraction of sp³-hybridized carbons (Fsp3) is 0.692. The molecule has 18 heavy (non-hydrogen) atoms. The molecule has 5 heteroatoms. The van der Waals surface area contributed by atoms with Gasteiger partial charge in [0.05, 0.1) is 5.60 Å². The highest BCUT2D eigenvalue weighted by Gasteiger charge is 2.31. The number of hydrogen-bond acceptors (Lipinski definition) is 4. The Balaban J connectivity index is 1.72. The van der Waals surface area contributed by atoms with Crippen molar-refractivity contribution in [1.82, 2.24) is 9.55 Å². The van der Waals surface area contributed by atoms with E-state index in [0.29, 0.717) is 18.4 Å². The van der Waals surface area contributed by atoms with Crippen LogP contribution >= 0.6 is 0 Å². The number of rotatable bonds is 4. The van der Waals surface area contributed by atoms with E-state index in [9.17, 15) is 9.90 Å². The Morgan fingerprint density at radius 3 is 2.83 bits per heavy atom. The molecule has 0 radical (unpaired) electrons. The van der Waals surface area contributed by atoms with E-state index in [-0.39, 0.29) is 5.56 Å². The standard InChI is InChI=1S/C13H19N3O2/c17-12-11(14-7-8-16(12)10-3-4-10)15-9-13(18)5-1-2-6-13/h7-8,10,18H,1-6,9H2,(H,14,15). The molecule has 0 amide bonds. The van der Waals surface area contributed by atoms with Crippen LogP contribution in [0.25, 0.3) is 0 Å². The number of hydrogen-bond donors (Lipinski definition) is 2. The minimum absolute atomic E-state index is 0.0680. The number of nitrogens with zero attached hydrogens (tertiary/aromatic N) is 2. The van der Waals surface area contributed by atoms with Crippen LogP contribution in [0.4, 0.5) is 5.82 Å².